The summed E-state index contributed by atoms with van der Waals surface area (Å²) in [7, 11) is -0.588. The molecule has 0 N–H and O–H groups in total. The van der Waals surface area contributed by atoms with E-state index in [-0.39, 0.29) is 0 Å². The van der Waals surface area contributed by atoms with E-state index in [1.165, 1.54) is 6.42 Å². The van der Waals surface area contributed by atoms with E-state index >= 15 is 0 Å². The summed E-state index contributed by atoms with van der Waals surface area (Å²) in [6.45, 7) is 2.64. The molecule has 2 unspecified atom stereocenters. The first-order valence-electron chi connectivity index (χ1n) is 4.94. The lowest BCUT2D eigenvalue weighted by Gasteiger charge is -2.20. The minimum atomic E-state index is -0.588. The molecule has 1 heterocycles. The molecule has 0 bridgehead atoms. The molecule has 13 heavy (non-hydrogen) atoms. The molecule has 76 valence electrons. The van der Waals surface area contributed by atoms with Crippen molar-refractivity contribution in [3.63, 3.8) is 0 Å². The Morgan fingerprint density at radius 1 is 1.54 bits per heavy atom. The summed E-state index contributed by atoms with van der Waals surface area (Å²) in [6, 6.07) is 0. The topological polar surface area (TPSA) is 26.3 Å². The van der Waals surface area contributed by atoms with E-state index < -0.39 is 10.8 Å². The summed E-state index contributed by atoms with van der Waals surface area (Å²) in [5.74, 6) is 0.897. The fourth-order valence-electron chi connectivity index (χ4n) is 1.55. The number of hydrogen-bond acceptors (Lipinski definition) is 2. The van der Waals surface area contributed by atoms with Crippen molar-refractivity contribution in [3.8, 4) is 0 Å². The van der Waals surface area contributed by atoms with Crippen LogP contribution < -0.4 is 0 Å². The van der Waals surface area contributed by atoms with Crippen molar-refractivity contribution in [3.05, 3.63) is 12.3 Å². The van der Waals surface area contributed by atoms with Gasteiger partial charge in [-0.2, -0.15) is 0 Å². The van der Waals surface area contributed by atoms with Gasteiger partial charge in [-0.3, -0.25) is 4.21 Å². The second-order valence-electron chi connectivity index (χ2n) is 3.33. The van der Waals surface area contributed by atoms with Crippen LogP contribution in [0.15, 0.2) is 12.3 Å². The molecule has 1 aliphatic rings. The van der Waals surface area contributed by atoms with E-state index in [2.05, 4.69) is 0 Å². The SMILES string of the molecule is C/C=C/OCCC1CCCCS1=O. The normalized spacial score (nSPS) is 29.3. The third kappa shape index (κ3) is 3.94. The van der Waals surface area contributed by atoms with Crippen LogP contribution in [0.3, 0.4) is 0 Å². The third-order valence-electron chi connectivity index (χ3n) is 2.28. The molecule has 0 radical (unpaired) electrons. The molecule has 2 nitrogen and oxygen atoms in total. The van der Waals surface area contributed by atoms with E-state index in [9.17, 15) is 4.21 Å². The molecule has 0 aliphatic carbocycles. The van der Waals surface area contributed by atoms with Gasteiger partial charge in [-0.05, 0) is 26.2 Å². The predicted molar refractivity (Wildman–Crippen MR) is 56.0 cm³/mol. The van der Waals surface area contributed by atoms with Crippen molar-refractivity contribution in [2.45, 2.75) is 37.9 Å². The summed E-state index contributed by atoms with van der Waals surface area (Å²) in [6.07, 6.45) is 8.01. The van der Waals surface area contributed by atoms with Crippen LogP contribution in [0.1, 0.15) is 32.6 Å². The van der Waals surface area contributed by atoms with Crippen molar-refractivity contribution >= 4 is 10.8 Å². The molecule has 0 aromatic rings. The van der Waals surface area contributed by atoms with Crippen LogP contribution in [0.4, 0.5) is 0 Å². The third-order valence-corrected chi connectivity index (χ3v) is 4.19. The largest absolute Gasteiger partial charge is 0.501 e. The minimum Gasteiger partial charge on any atom is -0.501 e. The first kappa shape index (κ1) is 10.8. The van der Waals surface area contributed by atoms with Crippen molar-refractivity contribution in [1.29, 1.82) is 0 Å². The molecule has 0 aromatic carbocycles. The Kier molecular flexibility index (Phi) is 5.13. The molecule has 0 amide bonds. The Hall–Kier alpha value is -0.310. The molecule has 3 heteroatoms. The van der Waals surface area contributed by atoms with Gasteiger partial charge in [-0.25, -0.2) is 0 Å². The predicted octanol–water partition coefficient (Wildman–Crippen LogP) is 2.23. The van der Waals surface area contributed by atoms with E-state index in [0.29, 0.717) is 11.9 Å². The maximum Gasteiger partial charge on any atom is 0.0884 e. The zero-order chi connectivity index (χ0) is 9.52. The van der Waals surface area contributed by atoms with Crippen molar-refractivity contribution in [1.82, 2.24) is 0 Å². The van der Waals surface area contributed by atoms with Gasteiger partial charge in [0.1, 0.15) is 0 Å². The average Bonchev–Trinajstić information content (AvgIpc) is 2.15. The van der Waals surface area contributed by atoms with Gasteiger partial charge in [0.05, 0.1) is 12.9 Å². The van der Waals surface area contributed by atoms with Crippen molar-refractivity contribution in [2.75, 3.05) is 12.4 Å². The molecule has 1 rings (SSSR count). The maximum absolute atomic E-state index is 11.5. The van der Waals surface area contributed by atoms with Gasteiger partial charge in [0.15, 0.2) is 0 Å². The smallest absolute Gasteiger partial charge is 0.0884 e. The van der Waals surface area contributed by atoms with Crippen LogP contribution >= 0.6 is 0 Å². The van der Waals surface area contributed by atoms with Gasteiger partial charge in [0.2, 0.25) is 0 Å². The summed E-state index contributed by atoms with van der Waals surface area (Å²) in [4.78, 5) is 0. The molecule has 1 aliphatic heterocycles. The summed E-state index contributed by atoms with van der Waals surface area (Å²) in [5.41, 5.74) is 0. The Labute approximate surface area is 82.8 Å². The van der Waals surface area contributed by atoms with Gasteiger partial charge >= 0.3 is 0 Å². The highest BCUT2D eigenvalue weighted by molar-refractivity contribution is 7.85. The van der Waals surface area contributed by atoms with Gasteiger partial charge in [-0.1, -0.05) is 12.5 Å². The lowest BCUT2D eigenvalue weighted by atomic mass is 10.1. The van der Waals surface area contributed by atoms with Crippen LogP contribution in [-0.4, -0.2) is 21.8 Å². The second-order valence-corrected chi connectivity index (χ2v) is 5.17. The molecular formula is C10H18O2S. The Morgan fingerprint density at radius 3 is 3.08 bits per heavy atom. The molecular weight excluding hydrogens is 184 g/mol. The van der Waals surface area contributed by atoms with E-state index in [4.69, 9.17) is 4.74 Å². The summed E-state index contributed by atoms with van der Waals surface area (Å²) < 4.78 is 16.7. The highest BCUT2D eigenvalue weighted by atomic mass is 32.2. The van der Waals surface area contributed by atoms with Gasteiger partial charge in [-0.15, -0.1) is 0 Å². The van der Waals surface area contributed by atoms with E-state index in [1.54, 1.807) is 6.26 Å². The second kappa shape index (κ2) is 6.19. The average molecular weight is 202 g/mol. The first-order valence-corrected chi connectivity index (χ1v) is 6.32. The number of hydrogen-bond donors (Lipinski definition) is 0. The molecule has 0 saturated carbocycles. The van der Waals surface area contributed by atoms with Gasteiger partial charge < -0.3 is 4.74 Å². The highest BCUT2D eigenvalue weighted by Gasteiger charge is 2.20. The Bertz CT molecular complexity index is 189. The van der Waals surface area contributed by atoms with Crippen LogP contribution in [0.25, 0.3) is 0 Å². The van der Waals surface area contributed by atoms with Crippen molar-refractivity contribution < 1.29 is 8.95 Å². The molecule has 1 saturated heterocycles. The van der Waals surface area contributed by atoms with Crippen LogP contribution in [0, 0.1) is 0 Å². The molecule has 2 atom stereocenters. The van der Waals surface area contributed by atoms with Gasteiger partial charge in [0.25, 0.3) is 0 Å². The Balaban J connectivity index is 2.15. The zero-order valence-electron chi connectivity index (χ0n) is 8.20. The molecule has 0 aromatic heterocycles. The number of rotatable bonds is 4. The van der Waals surface area contributed by atoms with Crippen LogP contribution in [0.2, 0.25) is 0 Å². The number of allylic oxidation sites excluding steroid dienone is 1. The van der Waals surface area contributed by atoms with Gasteiger partial charge in [0, 0.05) is 21.8 Å². The lowest BCUT2D eigenvalue weighted by Crippen LogP contribution is -2.23. The highest BCUT2D eigenvalue weighted by Crippen LogP contribution is 2.18. The fourth-order valence-corrected chi connectivity index (χ4v) is 3.16. The molecule has 1 fully saturated rings. The quantitative estimate of drug-likeness (QED) is 0.516. The number of ether oxygens (including phenoxy) is 1. The van der Waals surface area contributed by atoms with E-state index in [1.807, 2.05) is 13.0 Å². The summed E-state index contributed by atoms with van der Waals surface area (Å²) >= 11 is 0. The molecule has 0 spiro atoms. The standard InChI is InChI=1S/C10H18O2S/c1-2-7-12-8-6-10-5-3-4-9-13(10)11/h2,7,10H,3-6,8-9H2,1H3/b7-2+. The maximum atomic E-state index is 11.5. The van der Waals surface area contributed by atoms with Crippen LogP contribution in [0.5, 0.6) is 0 Å². The fraction of sp³-hybridized carbons (Fsp3) is 0.800. The zero-order valence-corrected chi connectivity index (χ0v) is 9.02. The van der Waals surface area contributed by atoms with E-state index in [0.717, 1.165) is 25.0 Å². The van der Waals surface area contributed by atoms with Crippen molar-refractivity contribution in [2.24, 2.45) is 0 Å². The summed E-state index contributed by atoms with van der Waals surface area (Å²) in [5, 5.41) is 0.388. The lowest BCUT2D eigenvalue weighted by molar-refractivity contribution is 0.241. The van der Waals surface area contributed by atoms with Crippen LogP contribution in [-0.2, 0) is 15.5 Å². The first-order chi connectivity index (χ1) is 6.34. The monoisotopic (exact) mass is 202 g/mol. The minimum absolute atomic E-state index is 0.388. The Morgan fingerprint density at radius 2 is 2.38 bits per heavy atom.